The molecule has 1 aliphatic heterocycles. The van der Waals surface area contributed by atoms with E-state index in [9.17, 15) is 4.79 Å². The van der Waals surface area contributed by atoms with Crippen LogP contribution in [-0.2, 0) is 0 Å². The van der Waals surface area contributed by atoms with E-state index in [-0.39, 0.29) is 5.56 Å². The second-order valence-electron chi connectivity index (χ2n) is 4.55. The first kappa shape index (κ1) is 12.2. The molecule has 0 N–H and O–H groups in total. The quantitative estimate of drug-likeness (QED) is 0.798. The van der Waals surface area contributed by atoms with Crippen LogP contribution in [-0.4, -0.2) is 36.2 Å². The van der Waals surface area contributed by atoms with Gasteiger partial charge < -0.3 is 14.2 Å². The average Bonchev–Trinajstić information content (AvgIpc) is 2.34. The Hall–Kier alpha value is -1.29. The van der Waals surface area contributed by atoms with E-state index in [0.29, 0.717) is 18.4 Å². The normalized spacial score (nSPS) is 18.2. The van der Waals surface area contributed by atoms with Crippen molar-refractivity contribution in [1.82, 2.24) is 9.47 Å². The first-order valence-electron chi connectivity index (χ1n) is 6.25. The molecule has 2 rings (SSSR count). The number of hydrogen-bond donors (Lipinski definition) is 0. The van der Waals surface area contributed by atoms with Crippen molar-refractivity contribution in [2.75, 3.05) is 26.7 Å². The summed E-state index contributed by atoms with van der Waals surface area (Å²) in [5.41, 5.74) is 0.00361. The molecule has 1 saturated heterocycles. The van der Waals surface area contributed by atoms with Gasteiger partial charge in [0, 0.05) is 12.2 Å². The van der Waals surface area contributed by atoms with Crippen molar-refractivity contribution >= 4 is 0 Å². The molecule has 1 aromatic heterocycles. The van der Waals surface area contributed by atoms with Gasteiger partial charge in [0.2, 0.25) is 0 Å². The van der Waals surface area contributed by atoms with Crippen LogP contribution in [0.15, 0.2) is 23.1 Å². The molecule has 1 aliphatic rings. The summed E-state index contributed by atoms with van der Waals surface area (Å²) in [6, 6.07) is 3.96. The molecular weight excluding hydrogens is 216 g/mol. The molecule has 0 aliphatic carbocycles. The maximum absolute atomic E-state index is 12.2. The van der Waals surface area contributed by atoms with Gasteiger partial charge in [-0.15, -0.1) is 0 Å². The third-order valence-corrected chi connectivity index (χ3v) is 3.32. The zero-order valence-corrected chi connectivity index (χ0v) is 10.6. The predicted molar refractivity (Wildman–Crippen MR) is 67.6 cm³/mol. The van der Waals surface area contributed by atoms with Gasteiger partial charge >= 0.3 is 0 Å². The predicted octanol–water partition coefficient (Wildman–Crippen LogP) is 1.51. The summed E-state index contributed by atoms with van der Waals surface area (Å²) in [5, 5.41) is 0. The Morgan fingerprint density at radius 3 is 2.76 bits per heavy atom. The van der Waals surface area contributed by atoms with Gasteiger partial charge in [-0.25, -0.2) is 0 Å². The fourth-order valence-corrected chi connectivity index (χ4v) is 2.32. The summed E-state index contributed by atoms with van der Waals surface area (Å²) in [7, 11) is 2.12. The molecule has 0 bridgehead atoms. The maximum atomic E-state index is 12.2. The Labute approximate surface area is 102 Å². The van der Waals surface area contributed by atoms with Gasteiger partial charge in [-0.3, -0.25) is 4.79 Å². The SMILES string of the molecule is CCOc1cccn(C2CCN(C)CC2)c1=O. The van der Waals surface area contributed by atoms with Crippen LogP contribution in [0.2, 0.25) is 0 Å². The number of rotatable bonds is 3. The van der Waals surface area contributed by atoms with Crippen molar-refractivity contribution in [3.05, 3.63) is 28.7 Å². The van der Waals surface area contributed by atoms with E-state index in [2.05, 4.69) is 11.9 Å². The second kappa shape index (κ2) is 5.36. The molecule has 4 nitrogen and oxygen atoms in total. The first-order valence-corrected chi connectivity index (χ1v) is 6.25. The fourth-order valence-electron chi connectivity index (χ4n) is 2.32. The highest BCUT2D eigenvalue weighted by Gasteiger charge is 2.19. The van der Waals surface area contributed by atoms with Gasteiger partial charge in [-0.1, -0.05) is 0 Å². The second-order valence-corrected chi connectivity index (χ2v) is 4.55. The molecule has 94 valence electrons. The van der Waals surface area contributed by atoms with E-state index in [4.69, 9.17) is 4.74 Å². The smallest absolute Gasteiger partial charge is 0.293 e. The van der Waals surface area contributed by atoms with E-state index in [0.717, 1.165) is 25.9 Å². The molecule has 0 radical (unpaired) electrons. The molecule has 0 amide bonds. The van der Waals surface area contributed by atoms with Crippen LogP contribution in [0.5, 0.6) is 5.75 Å². The highest BCUT2D eigenvalue weighted by Crippen LogP contribution is 2.20. The number of nitrogens with zero attached hydrogens (tertiary/aromatic N) is 2. The lowest BCUT2D eigenvalue weighted by Gasteiger charge is -2.30. The molecule has 2 heterocycles. The topological polar surface area (TPSA) is 34.5 Å². The van der Waals surface area contributed by atoms with Gasteiger partial charge in [0.15, 0.2) is 5.75 Å². The van der Waals surface area contributed by atoms with Crippen LogP contribution in [0.4, 0.5) is 0 Å². The molecule has 0 unspecified atom stereocenters. The van der Waals surface area contributed by atoms with Crippen molar-refractivity contribution < 1.29 is 4.74 Å². The van der Waals surface area contributed by atoms with Gasteiger partial charge in [-0.05, 0) is 52.0 Å². The van der Waals surface area contributed by atoms with E-state index in [1.807, 2.05) is 23.8 Å². The Balaban J connectivity index is 2.21. The van der Waals surface area contributed by atoms with Crippen molar-refractivity contribution in [1.29, 1.82) is 0 Å². The number of hydrogen-bond acceptors (Lipinski definition) is 3. The highest BCUT2D eigenvalue weighted by atomic mass is 16.5. The summed E-state index contributed by atoms with van der Waals surface area (Å²) in [6.07, 6.45) is 3.94. The van der Waals surface area contributed by atoms with Crippen LogP contribution in [0.25, 0.3) is 0 Å². The molecule has 0 aromatic carbocycles. The Kier molecular flexibility index (Phi) is 3.84. The minimum atomic E-state index is 0.00361. The van der Waals surface area contributed by atoms with Crippen LogP contribution in [0, 0.1) is 0 Å². The zero-order valence-electron chi connectivity index (χ0n) is 10.6. The van der Waals surface area contributed by atoms with Crippen LogP contribution in [0.3, 0.4) is 0 Å². The van der Waals surface area contributed by atoms with Gasteiger partial charge in [0.1, 0.15) is 0 Å². The minimum Gasteiger partial charge on any atom is -0.488 e. The summed E-state index contributed by atoms with van der Waals surface area (Å²) < 4.78 is 7.18. The fraction of sp³-hybridized carbons (Fsp3) is 0.615. The van der Waals surface area contributed by atoms with Crippen LogP contribution in [0.1, 0.15) is 25.8 Å². The van der Waals surface area contributed by atoms with E-state index >= 15 is 0 Å². The summed E-state index contributed by atoms with van der Waals surface area (Å²) >= 11 is 0. The number of ether oxygens (including phenoxy) is 1. The monoisotopic (exact) mass is 236 g/mol. The standard InChI is InChI=1S/C13H20N2O2/c1-3-17-12-5-4-8-15(13(12)16)11-6-9-14(2)10-7-11/h4-5,8,11H,3,6-7,9-10H2,1-2H3. The molecule has 0 spiro atoms. The van der Waals surface area contributed by atoms with E-state index in [1.54, 1.807) is 6.07 Å². The molecular formula is C13H20N2O2. The van der Waals surface area contributed by atoms with Crippen molar-refractivity contribution in [2.45, 2.75) is 25.8 Å². The Bertz CT molecular complexity index is 420. The number of aromatic nitrogens is 1. The van der Waals surface area contributed by atoms with Crippen LogP contribution < -0.4 is 10.3 Å². The summed E-state index contributed by atoms with van der Waals surface area (Å²) in [6.45, 7) is 4.53. The molecule has 1 aromatic rings. The minimum absolute atomic E-state index is 0.00361. The molecule has 17 heavy (non-hydrogen) atoms. The molecule has 4 heteroatoms. The van der Waals surface area contributed by atoms with E-state index in [1.165, 1.54) is 0 Å². The van der Waals surface area contributed by atoms with Crippen molar-refractivity contribution in [2.24, 2.45) is 0 Å². The average molecular weight is 236 g/mol. The van der Waals surface area contributed by atoms with Crippen LogP contribution >= 0.6 is 0 Å². The summed E-state index contributed by atoms with van der Waals surface area (Å²) in [5.74, 6) is 0.467. The molecule has 0 saturated carbocycles. The van der Waals surface area contributed by atoms with Crippen molar-refractivity contribution in [3.63, 3.8) is 0 Å². The Morgan fingerprint density at radius 2 is 2.12 bits per heavy atom. The number of pyridine rings is 1. The Morgan fingerprint density at radius 1 is 1.41 bits per heavy atom. The van der Waals surface area contributed by atoms with Gasteiger partial charge in [-0.2, -0.15) is 0 Å². The lowest BCUT2D eigenvalue weighted by atomic mass is 10.1. The maximum Gasteiger partial charge on any atom is 0.293 e. The molecule has 0 atom stereocenters. The number of likely N-dealkylation sites (tertiary alicyclic amines) is 1. The number of piperidine rings is 1. The molecule has 1 fully saturated rings. The summed E-state index contributed by atoms with van der Waals surface area (Å²) in [4.78, 5) is 14.5. The largest absolute Gasteiger partial charge is 0.488 e. The lowest BCUT2D eigenvalue weighted by molar-refractivity contribution is 0.216. The van der Waals surface area contributed by atoms with Gasteiger partial charge in [0.25, 0.3) is 5.56 Å². The zero-order chi connectivity index (χ0) is 12.3. The highest BCUT2D eigenvalue weighted by molar-refractivity contribution is 5.17. The third kappa shape index (κ3) is 2.69. The van der Waals surface area contributed by atoms with Gasteiger partial charge in [0.05, 0.1) is 6.61 Å². The lowest BCUT2D eigenvalue weighted by Crippen LogP contribution is -2.35. The van der Waals surface area contributed by atoms with Crippen molar-refractivity contribution in [3.8, 4) is 5.75 Å². The van der Waals surface area contributed by atoms with E-state index < -0.39 is 0 Å². The first-order chi connectivity index (χ1) is 8.22. The third-order valence-electron chi connectivity index (χ3n) is 3.32.